The highest BCUT2D eigenvalue weighted by atomic mass is 28.3. The summed E-state index contributed by atoms with van der Waals surface area (Å²) in [4.78, 5) is 0. The third-order valence-corrected chi connectivity index (χ3v) is 2.23. The van der Waals surface area contributed by atoms with Crippen molar-refractivity contribution in [2.45, 2.75) is 38.6 Å². The van der Waals surface area contributed by atoms with Crippen LogP contribution in [0.25, 0.3) is 0 Å². The Morgan fingerprint density at radius 1 is 1.50 bits per heavy atom. The van der Waals surface area contributed by atoms with Crippen LogP contribution in [0.2, 0.25) is 19.6 Å². The van der Waals surface area contributed by atoms with Gasteiger partial charge >= 0.3 is 0 Å². The molecule has 0 unspecified atom stereocenters. The van der Waals surface area contributed by atoms with Crippen molar-refractivity contribution in [3.63, 3.8) is 0 Å². The zero-order valence-electron chi connectivity index (χ0n) is 8.22. The average molecular weight is 182 g/mol. The standard InChI is InChI=1S/C10H18OSi/c1-5-10(11)8-6-7-9-12(2,3)4/h5,10-11H,1,6,8H2,2-4H3/t10-/m0/s1. The zero-order valence-corrected chi connectivity index (χ0v) is 9.22. The van der Waals surface area contributed by atoms with Crippen LogP contribution < -0.4 is 0 Å². The summed E-state index contributed by atoms with van der Waals surface area (Å²) in [6.45, 7) is 10.1. The fraction of sp³-hybridized carbons (Fsp3) is 0.600. The van der Waals surface area contributed by atoms with E-state index in [0.29, 0.717) is 6.42 Å². The molecule has 2 heteroatoms. The average Bonchev–Trinajstić information content (AvgIpc) is 1.96. The first kappa shape index (κ1) is 11.5. The molecule has 1 N–H and O–H groups in total. The Balaban J connectivity index is 3.66. The van der Waals surface area contributed by atoms with Crippen molar-refractivity contribution in [1.29, 1.82) is 0 Å². The van der Waals surface area contributed by atoms with Crippen LogP contribution in [-0.2, 0) is 0 Å². The zero-order chi connectivity index (χ0) is 9.61. The fourth-order valence-corrected chi connectivity index (χ4v) is 1.32. The van der Waals surface area contributed by atoms with Crippen molar-refractivity contribution >= 4 is 8.07 Å². The second-order valence-corrected chi connectivity index (χ2v) is 8.64. The SMILES string of the molecule is C=C[C@H](O)CCC#C[Si](C)(C)C. The van der Waals surface area contributed by atoms with Gasteiger partial charge in [-0.2, -0.15) is 0 Å². The molecule has 0 aromatic carbocycles. The van der Waals surface area contributed by atoms with Crippen LogP contribution in [0.1, 0.15) is 12.8 Å². The van der Waals surface area contributed by atoms with E-state index in [2.05, 4.69) is 37.7 Å². The molecule has 0 rings (SSSR count). The summed E-state index contributed by atoms with van der Waals surface area (Å²) >= 11 is 0. The summed E-state index contributed by atoms with van der Waals surface area (Å²) in [7, 11) is -1.21. The van der Waals surface area contributed by atoms with Crippen molar-refractivity contribution < 1.29 is 5.11 Å². The quantitative estimate of drug-likeness (QED) is 0.403. The Bertz CT molecular complexity index is 192. The van der Waals surface area contributed by atoms with Crippen molar-refractivity contribution in [2.75, 3.05) is 0 Å². The normalized spacial score (nSPS) is 13.0. The molecule has 0 fully saturated rings. The molecule has 0 heterocycles. The van der Waals surface area contributed by atoms with E-state index in [-0.39, 0.29) is 6.10 Å². The lowest BCUT2D eigenvalue weighted by atomic mass is 10.2. The Hall–Kier alpha value is -0.523. The lowest BCUT2D eigenvalue weighted by molar-refractivity contribution is 0.215. The number of rotatable bonds is 3. The second-order valence-electron chi connectivity index (χ2n) is 3.89. The van der Waals surface area contributed by atoms with Gasteiger partial charge in [0.1, 0.15) is 8.07 Å². The molecule has 68 valence electrons. The minimum Gasteiger partial charge on any atom is -0.389 e. The van der Waals surface area contributed by atoms with Gasteiger partial charge in [-0.25, -0.2) is 0 Å². The molecule has 0 aromatic rings. The maximum absolute atomic E-state index is 9.11. The molecule has 0 saturated heterocycles. The molecular formula is C10H18OSi. The van der Waals surface area contributed by atoms with Crippen molar-refractivity contribution in [3.05, 3.63) is 12.7 Å². The van der Waals surface area contributed by atoms with E-state index in [9.17, 15) is 0 Å². The van der Waals surface area contributed by atoms with Gasteiger partial charge in [0.15, 0.2) is 0 Å². The summed E-state index contributed by atoms with van der Waals surface area (Å²) in [5.74, 6) is 3.09. The van der Waals surface area contributed by atoms with Crippen LogP contribution in [0.3, 0.4) is 0 Å². The van der Waals surface area contributed by atoms with E-state index in [0.717, 1.165) is 6.42 Å². The number of aliphatic hydroxyl groups excluding tert-OH is 1. The summed E-state index contributed by atoms with van der Waals surface area (Å²) in [6.07, 6.45) is 2.65. The smallest absolute Gasteiger partial charge is 0.129 e. The summed E-state index contributed by atoms with van der Waals surface area (Å²) in [6, 6.07) is 0. The molecule has 0 aromatic heterocycles. The first-order valence-corrected chi connectivity index (χ1v) is 7.76. The molecule has 0 aliphatic heterocycles. The van der Waals surface area contributed by atoms with Crippen molar-refractivity contribution in [1.82, 2.24) is 0 Å². The van der Waals surface area contributed by atoms with Crippen LogP contribution in [0.15, 0.2) is 12.7 Å². The molecule has 0 bridgehead atoms. The van der Waals surface area contributed by atoms with Crippen LogP contribution in [0, 0.1) is 11.5 Å². The van der Waals surface area contributed by atoms with Gasteiger partial charge < -0.3 is 5.11 Å². The Labute approximate surface area is 76.5 Å². The summed E-state index contributed by atoms with van der Waals surface area (Å²) in [5.41, 5.74) is 3.24. The van der Waals surface area contributed by atoms with Crippen LogP contribution >= 0.6 is 0 Å². The molecule has 12 heavy (non-hydrogen) atoms. The van der Waals surface area contributed by atoms with Gasteiger partial charge in [-0.3, -0.25) is 0 Å². The number of hydrogen-bond donors (Lipinski definition) is 1. The Morgan fingerprint density at radius 3 is 2.50 bits per heavy atom. The van der Waals surface area contributed by atoms with Gasteiger partial charge in [0.25, 0.3) is 0 Å². The van der Waals surface area contributed by atoms with Gasteiger partial charge in [0.05, 0.1) is 6.10 Å². The van der Waals surface area contributed by atoms with E-state index in [1.165, 1.54) is 0 Å². The number of aliphatic hydroxyl groups is 1. The van der Waals surface area contributed by atoms with E-state index in [1.54, 1.807) is 6.08 Å². The highest BCUT2D eigenvalue weighted by molar-refractivity contribution is 6.83. The predicted molar refractivity (Wildman–Crippen MR) is 56.6 cm³/mol. The minimum atomic E-state index is -1.21. The van der Waals surface area contributed by atoms with Crippen molar-refractivity contribution in [2.24, 2.45) is 0 Å². The third kappa shape index (κ3) is 7.58. The van der Waals surface area contributed by atoms with E-state index in [1.807, 2.05) is 0 Å². The van der Waals surface area contributed by atoms with Gasteiger partial charge in [-0.15, -0.1) is 18.0 Å². The largest absolute Gasteiger partial charge is 0.389 e. The molecule has 0 aliphatic carbocycles. The molecule has 1 nitrogen and oxygen atoms in total. The Kier molecular flexibility index (Phi) is 4.95. The molecule has 1 atom stereocenters. The first-order valence-electron chi connectivity index (χ1n) is 4.26. The van der Waals surface area contributed by atoms with E-state index in [4.69, 9.17) is 5.11 Å². The third-order valence-electron chi connectivity index (χ3n) is 1.30. The number of hydrogen-bond acceptors (Lipinski definition) is 1. The topological polar surface area (TPSA) is 20.2 Å². The maximum Gasteiger partial charge on any atom is 0.129 e. The highest BCUT2D eigenvalue weighted by Crippen LogP contribution is 1.99. The van der Waals surface area contributed by atoms with Crippen LogP contribution in [-0.4, -0.2) is 19.3 Å². The molecular weight excluding hydrogens is 164 g/mol. The van der Waals surface area contributed by atoms with Crippen LogP contribution in [0.5, 0.6) is 0 Å². The Morgan fingerprint density at radius 2 is 2.08 bits per heavy atom. The maximum atomic E-state index is 9.11. The molecule has 0 amide bonds. The summed E-state index contributed by atoms with van der Waals surface area (Å²) < 4.78 is 0. The van der Waals surface area contributed by atoms with Crippen molar-refractivity contribution in [3.8, 4) is 11.5 Å². The van der Waals surface area contributed by atoms with Gasteiger partial charge in [0, 0.05) is 6.42 Å². The fourth-order valence-electron chi connectivity index (χ4n) is 0.666. The predicted octanol–water partition coefficient (Wildman–Crippen LogP) is 2.19. The monoisotopic (exact) mass is 182 g/mol. The summed E-state index contributed by atoms with van der Waals surface area (Å²) in [5, 5.41) is 9.11. The van der Waals surface area contributed by atoms with Gasteiger partial charge in [-0.05, 0) is 6.42 Å². The van der Waals surface area contributed by atoms with Gasteiger partial charge in [-0.1, -0.05) is 25.7 Å². The lowest BCUT2D eigenvalue weighted by Gasteiger charge is -2.04. The molecule has 0 spiro atoms. The molecule has 0 saturated carbocycles. The lowest BCUT2D eigenvalue weighted by Crippen LogP contribution is -2.16. The van der Waals surface area contributed by atoms with Gasteiger partial charge in [0.2, 0.25) is 0 Å². The first-order chi connectivity index (χ1) is 5.45. The van der Waals surface area contributed by atoms with E-state index < -0.39 is 8.07 Å². The molecule has 0 aliphatic rings. The highest BCUT2D eigenvalue weighted by Gasteiger charge is 2.06. The molecule has 0 radical (unpaired) electrons. The van der Waals surface area contributed by atoms with E-state index >= 15 is 0 Å². The van der Waals surface area contributed by atoms with Crippen LogP contribution in [0.4, 0.5) is 0 Å². The minimum absolute atomic E-state index is 0.388. The second kappa shape index (κ2) is 5.18.